The number of aryl methyl sites for hydroxylation is 3. The van der Waals surface area contributed by atoms with Crippen LogP contribution in [0.1, 0.15) is 27.4 Å². The second-order valence-electron chi connectivity index (χ2n) is 7.10. The first-order valence-corrected chi connectivity index (χ1v) is 11.5. The number of hydrogen-bond donors (Lipinski definition) is 1. The van der Waals surface area contributed by atoms with Crippen LogP contribution in [0.2, 0.25) is 0 Å². The fourth-order valence-corrected chi connectivity index (χ4v) is 5.33. The van der Waals surface area contributed by atoms with E-state index in [1.807, 2.05) is 48.9 Å². The zero-order valence-electron chi connectivity index (χ0n) is 17.4. The summed E-state index contributed by atoms with van der Waals surface area (Å²) in [7, 11) is 0. The number of para-hydroxylation sites is 1. The van der Waals surface area contributed by atoms with E-state index in [1.165, 1.54) is 22.2 Å². The van der Waals surface area contributed by atoms with Crippen molar-refractivity contribution in [3.63, 3.8) is 0 Å². The van der Waals surface area contributed by atoms with Crippen molar-refractivity contribution in [1.82, 2.24) is 25.1 Å². The molecule has 0 aliphatic rings. The van der Waals surface area contributed by atoms with Crippen LogP contribution in [0.3, 0.4) is 0 Å². The summed E-state index contributed by atoms with van der Waals surface area (Å²) in [6.07, 6.45) is 1.57. The van der Waals surface area contributed by atoms with Gasteiger partial charge in [-0.3, -0.25) is 4.79 Å². The van der Waals surface area contributed by atoms with Crippen molar-refractivity contribution >= 4 is 39.2 Å². The number of carbonyl (C=O) groups excluding carboxylic acids is 1. The third kappa shape index (κ3) is 3.97. The van der Waals surface area contributed by atoms with Crippen LogP contribution in [0, 0.1) is 27.7 Å². The minimum Gasteiger partial charge on any atom is -0.351 e. The highest BCUT2D eigenvalue weighted by Crippen LogP contribution is 2.34. The Balaban J connectivity index is 1.42. The Morgan fingerprint density at radius 2 is 1.90 bits per heavy atom. The van der Waals surface area contributed by atoms with Crippen molar-refractivity contribution in [2.45, 2.75) is 39.3 Å². The number of thioether (sulfide) groups is 1. The number of nitrogens with zero attached hydrogens (tertiary/aromatic N) is 4. The van der Waals surface area contributed by atoms with Gasteiger partial charge in [0, 0.05) is 28.1 Å². The molecule has 0 spiro atoms. The predicted octanol–water partition coefficient (Wildman–Crippen LogP) is 4.52. The van der Waals surface area contributed by atoms with Crippen molar-refractivity contribution in [3.8, 4) is 5.69 Å². The van der Waals surface area contributed by atoms with Crippen LogP contribution in [0.25, 0.3) is 15.9 Å². The number of thiophene rings is 1. The molecule has 0 aliphatic heterocycles. The van der Waals surface area contributed by atoms with Crippen molar-refractivity contribution in [3.05, 3.63) is 64.1 Å². The lowest BCUT2D eigenvalue weighted by molar-refractivity contribution is -0.118. The summed E-state index contributed by atoms with van der Waals surface area (Å²) >= 11 is 3.12. The molecule has 0 atom stereocenters. The summed E-state index contributed by atoms with van der Waals surface area (Å²) in [5.41, 5.74) is 5.21. The lowest BCUT2D eigenvalue weighted by Gasteiger charge is -2.07. The predicted molar refractivity (Wildman–Crippen MR) is 122 cm³/mol. The van der Waals surface area contributed by atoms with Gasteiger partial charge in [-0.15, -0.1) is 11.3 Å². The molecule has 3 aromatic heterocycles. The Kier molecular flexibility index (Phi) is 5.87. The second kappa shape index (κ2) is 8.57. The van der Waals surface area contributed by atoms with Crippen molar-refractivity contribution in [2.24, 2.45) is 0 Å². The van der Waals surface area contributed by atoms with E-state index < -0.39 is 0 Å². The fraction of sp³-hybridized carbons (Fsp3) is 0.273. The first kappa shape index (κ1) is 20.6. The van der Waals surface area contributed by atoms with Crippen LogP contribution in [0.15, 0.2) is 41.7 Å². The molecular formula is C22H23N5OS2. The molecule has 1 N–H and O–H groups in total. The molecule has 1 aromatic carbocycles. The summed E-state index contributed by atoms with van der Waals surface area (Å²) < 4.78 is 1.92. The van der Waals surface area contributed by atoms with Crippen molar-refractivity contribution in [2.75, 3.05) is 5.75 Å². The molecule has 8 heteroatoms. The molecule has 30 heavy (non-hydrogen) atoms. The van der Waals surface area contributed by atoms with E-state index in [9.17, 15) is 4.79 Å². The molecule has 0 aliphatic carbocycles. The maximum atomic E-state index is 12.5. The summed E-state index contributed by atoms with van der Waals surface area (Å²) in [4.78, 5) is 23.5. The maximum Gasteiger partial charge on any atom is 0.230 e. The van der Waals surface area contributed by atoms with Crippen LogP contribution in [-0.4, -0.2) is 31.4 Å². The highest BCUT2D eigenvalue weighted by molar-refractivity contribution is 8.00. The molecule has 0 saturated carbocycles. The molecule has 4 aromatic rings. The third-order valence-corrected chi connectivity index (χ3v) is 7.28. The van der Waals surface area contributed by atoms with Gasteiger partial charge in [0.2, 0.25) is 5.91 Å². The maximum absolute atomic E-state index is 12.5. The second-order valence-corrected chi connectivity index (χ2v) is 9.27. The highest BCUT2D eigenvalue weighted by Gasteiger charge is 2.16. The van der Waals surface area contributed by atoms with E-state index >= 15 is 0 Å². The van der Waals surface area contributed by atoms with Gasteiger partial charge in [-0.2, -0.15) is 5.10 Å². The molecule has 6 nitrogen and oxygen atoms in total. The minimum absolute atomic E-state index is 0.0253. The average Bonchev–Trinajstić information content (AvgIpc) is 3.20. The molecule has 0 bridgehead atoms. The molecule has 3 heterocycles. The van der Waals surface area contributed by atoms with Gasteiger partial charge < -0.3 is 5.32 Å². The molecule has 154 valence electrons. The largest absolute Gasteiger partial charge is 0.351 e. The zero-order chi connectivity index (χ0) is 21.3. The number of amides is 1. The summed E-state index contributed by atoms with van der Waals surface area (Å²) in [5.74, 6) is 0.286. The van der Waals surface area contributed by atoms with Crippen LogP contribution in [0.5, 0.6) is 0 Å². The van der Waals surface area contributed by atoms with Crippen LogP contribution in [-0.2, 0) is 11.3 Å². The van der Waals surface area contributed by atoms with Crippen molar-refractivity contribution in [1.29, 1.82) is 0 Å². The average molecular weight is 438 g/mol. The lowest BCUT2D eigenvalue weighted by Crippen LogP contribution is -2.25. The van der Waals surface area contributed by atoms with E-state index in [0.29, 0.717) is 12.3 Å². The van der Waals surface area contributed by atoms with E-state index in [1.54, 1.807) is 17.7 Å². The topological polar surface area (TPSA) is 72.7 Å². The number of nitrogens with one attached hydrogen (secondary N) is 1. The molecular weight excluding hydrogens is 414 g/mol. The SMILES string of the molecule is Cc1nn(-c2ccccc2)c(C)c1CNC(=O)CSc1ncnc2sc(C)c(C)c12. The van der Waals surface area contributed by atoms with Gasteiger partial charge in [-0.05, 0) is 45.4 Å². The number of benzene rings is 1. The normalized spacial score (nSPS) is 11.2. The first-order chi connectivity index (χ1) is 14.5. The van der Waals surface area contributed by atoms with Gasteiger partial charge in [0.15, 0.2) is 0 Å². The Labute approximate surface area is 183 Å². The number of fused-ring (bicyclic) bond motifs is 1. The third-order valence-electron chi connectivity index (χ3n) is 5.17. The van der Waals surface area contributed by atoms with Crippen LogP contribution in [0.4, 0.5) is 0 Å². The van der Waals surface area contributed by atoms with Gasteiger partial charge in [0.25, 0.3) is 0 Å². The van der Waals surface area contributed by atoms with Crippen LogP contribution >= 0.6 is 23.1 Å². The monoisotopic (exact) mass is 437 g/mol. The molecule has 1 amide bonds. The quantitative estimate of drug-likeness (QED) is 0.355. The van der Waals surface area contributed by atoms with Crippen LogP contribution < -0.4 is 5.32 Å². The van der Waals surface area contributed by atoms with E-state index in [2.05, 4.69) is 34.2 Å². The van der Waals surface area contributed by atoms with E-state index in [4.69, 9.17) is 0 Å². The zero-order valence-corrected chi connectivity index (χ0v) is 19.0. The Hall–Kier alpha value is -2.71. The number of aromatic nitrogens is 4. The fourth-order valence-electron chi connectivity index (χ4n) is 3.38. The molecule has 0 unspecified atom stereocenters. The molecule has 0 radical (unpaired) electrons. The van der Waals surface area contributed by atoms with Gasteiger partial charge in [-0.1, -0.05) is 30.0 Å². The standard InChI is InChI=1S/C22H23N5OS2/c1-13-16(4)30-22-20(13)21(24-12-25-22)29-11-19(28)23-10-18-14(2)26-27(15(18)3)17-8-6-5-7-9-17/h5-9,12H,10-11H2,1-4H3,(H,23,28). The summed E-state index contributed by atoms with van der Waals surface area (Å²) in [5, 5.41) is 9.60. The lowest BCUT2D eigenvalue weighted by atomic mass is 10.2. The Bertz CT molecular complexity index is 1210. The van der Waals surface area contributed by atoms with E-state index in [0.717, 1.165) is 37.9 Å². The van der Waals surface area contributed by atoms with Gasteiger partial charge in [0.05, 0.1) is 17.1 Å². The van der Waals surface area contributed by atoms with Crippen molar-refractivity contribution < 1.29 is 4.79 Å². The number of carbonyl (C=O) groups is 1. The Morgan fingerprint density at radius 1 is 1.13 bits per heavy atom. The number of hydrogen-bond acceptors (Lipinski definition) is 6. The highest BCUT2D eigenvalue weighted by atomic mass is 32.2. The molecule has 0 fully saturated rings. The number of rotatable bonds is 6. The van der Waals surface area contributed by atoms with Gasteiger partial charge >= 0.3 is 0 Å². The first-order valence-electron chi connectivity index (χ1n) is 9.66. The van der Waals surface area contributed by atoms with Gasteiger partial charge in [0.1, 0.15) is 16.2 Å². The van der Waals surface area contributed by atoms with Gasteiger partial charge in [-0.25, -0.2) is 14.6 Å². The Morgan fingerprint density at radius 3 is 2.67 bits per heavy atom. The molecule has 4 rings (SSSR count). The molecule has 0 saturated heterocycles. The smallest absolute Gasteiger partial charge is 0.230 e. The van der Waals surface area contributed by atoms with E-state index in [-0.39, 0.29) is 5.91 Å². The summed E-state index contributed by atoms with van der Waals surface area (Å²) in [6.45, 7) is 8.63. The minimum atomic E-state index is -0.0253. The summed E-state index contributed by atoms with van der Waals surface area (Å²) in [6, 6.07) is 10.0.